The van der Waals surface area contributed by atoms with Gasteiger partial charge in [0.1, 0.15) is 6.10 Å². The zero-order valence-electron chi connectivity index (χ0n) is 13.4. The van der Waals surface area contributed by atoms with Crippen LogP contribution in [-0.2, 0) is 11.3 Å². The fraction of sp³-hybridized carbons (Fsp3) is 0.300. The molecule has 122 valence electrons. The highest BCUT2D eigenvalue weighted by Gasteiger charge is 2.28. The van der Waals surface area contributed by atoms with E-state index in [1.807, 2.05) is 36.4 Å². The molecule has 0 spiro atoms. The standard InChI is InChI=1S/C20H19NO3/c22-19-18-8-4-1-5-15(18)13-21(19)16-11-9-14(10-12-16)20(23)24-17-6-2-3-7-17/h1,4-5,8-12,17H,2-3,6-7,13H2. The highest BCUT2D eigenvalue weighted by molar-refractivity contribution is 6.10. The van der Waals surface area contributed by atoms with Crippen molar-refractivity contribution in [3.63, 3.8) is 0 Å². The van der Waals surface area contributed by atoms with Gasteiger partial charge < -0.3 is 9.64 Å². The third-order valence-electron chi connectivity index (χ3n) is 4.81. The minimum Gasteiger partial charge on any atom is -0.459 e. The van der Waals surface area contributed by atoms with Crippen molar-refractivity contribution in [1.82, 2.24) is 0 Å². The van der Waals surface area contributed by atoms with Gasteiger partial charge in [0.25, 0.3) is 5.91 Å². The Labute approximate surface area is 141 Å². The minimum absolute atomic E-state index is 0.00637. The quantitative estimate of drug-likeness (QED) is 0.804. The summed E-state index contributed by atoms with van der Waals surface area (Å²) in [7, 11) is 0. The van der Waals surface area contributed by atoms with Crippen LogP contribution in [0.3, 0.4) is 0 Å². The molecule has 0 atom stereocenters. The number of anilines is 1. The molecule has 1 saturated carbocycles. The number of esters is 1. The molecule has 4 nitrogen and oxygen atoms in total. The number of rotatable bonds is 3. The zero-order valence-corrected chi connectivity index (χ0v) is 13.4. The first kappa shape index (κ1) is 14.9. The van der Waals surface area contributed by atoms with Gasteiger partial charge in [-0.25, -0.2) is 4.79 Å². The molecule has 2 aromatic carbocycles. The van der Waals surface area contributed by atoms with E-state index in [1.54, 1.807) is 17.0 Å². The highest BCUT2D eigenvalue weighted by atomic mass is 16.5. The van der Waals surface area contributed by atoms with E-state index < -0.39 is 0 Å². The average molecular weight is 321 g/mol. The maximum Gasteiger partial charge on any atom is 0.338 e. The van der Waals surface area contributed by atoms with Crippen LogP contribution in [0.4, 0.5) is 5.69 Å². The monoisotopic (exact) mass is 321 g/mol. The number of benzene rings is 2. The molecule has 1 aliphatic heterocycles. The SMILES string of the molecule is O=C(OC1CCCC1)c1ccc(N2Cc3ccccc3C2=O)cc1. The smallest absolute Gasteiger partial charge is 0.338 e. The van der Waals surface area contributed by atoms with Gasteiger partial charge in [-0.15, -0.1) is 0 Å². The van der Waals surface area contributed by atoms with Crippen molar-refractivity contribution in [3.05, 3.63) is 65.2 Å². The van der Waals surface area contributed by atoms with Gasteiger partial charge in [-0.05, 0) is 61.6 Å². The van der Waals surface area contributed by atoms with E-state index in [1.165, 1.54) is 0 Å². The molecule has 4 heteroatoms. The van der Waals surface area contributed by atoms with Crippen LogP contribution in [0.25, 0.3) is 0 Å². The molecule has 0 aromatic heterocycles. The first-order valence-electron chi connectivity index (χ1n) is 8.43. The van der Waals surface area contributed by atoms with Crippen LogP contribution < -0.4 is 4.90 Å². The van der Waals surface area contributed by atoms with E-state index in [0.717, 1.165) is 42.5 Å². The van der Waals surface area contributed by atoms with Crippen molar-refractivity contribution < 1.29 is 14.3 Å². The van der Waals surface area contributed by atoms with E-state index in [-0.39, 0.29) is 18.0 Å². The van der Waals surface area contributed by atoms with Crippen molar-refractivity contribution in [2.24, 2.45) is 0 Å². The Morgan fingerprint density at radius 1 is 1.00 bits per heavy atom. The molecule has 24 heavy (non-hydrogen) atoms. The minimum atomic E-state index is -0.274. The van der Waals surface area contributed by atoms with Crippen LogP contribution >= 0.6 is 0 Å². The predicted molar refractivity (Wildman–Crippen MR) is 91.1 cm³/mol. The molecule has 1 aliphatic carbocycles. The Hall–Kier alpha value is -2.62. The van der Waals surface area contributed by atoms with E-state index in [0.29, 0.717) is 12.1 Å². The molecule has 2 aromatic rings. The number of carbonyl (C=O) groups is 2. The lowest BCUT2D eigenvalue weighted by molar-refractivity contribution is 0.0318. The second kappa shape index (κ2) is 6.11. The van der Waals surface area contributed by atoms with Gasteiger partial charge in [0.05, 0.1) is 12.1 Å². The molecule has 0 N–H and O–H groups in total. The molecular weight excluding hydrogens is 302 g/mol. The van der Waals surface area contributed by atoms with Crippen molar-refractivity contribution in [2.75, 3.05) is 4.90 Å². The Morgan fingerprint density at radius 2 is 1.71 bits per heavy atom. The molecule has 0 unspecified atom stereocenters. The van der Waals surface area contributed by atoms with E-state index >= 15 is 0 Å². The number of fused-ring (bicyclic) bond motifs is 1. The zero-order chi connectivity index (χ0) is 16.5. The number of nitrogens with zero attached hydrogens (tertiary/aromatic N) is 1. The summed E-state index contributed by atoms with van der Waals surface area (Å²) >= 11 is 0. The van der Waals surface area contributed by atoms with Crippen LogP contribution in [-0.4, -0.2) is 18.0 Å². The summed E-state index contributed by atoms with van der Waals surface area (Å²) < 4.78 is 5.52. The number of carbonyl (C=O) groups excluding carboxylic acids is 2. The van der Waals surface area contributed by atoms with Crippen molar-refractivity contribution in [2.45, 2.75) is 38.3 Å². The predicted octanol–water partition coefficient (Wildman–Crippen LogP) is 3.95. The van der Waals surface area contributed by atoms with E-state index in [9.17, 15) is 9.59 Å². The first-order valence-corrected chi connectivity index (χ1v) is 8.43. The first-order chi connectivity index (χ1) is 11.7. The molecular formula is C20H19NO3. The molecule has 0 saturated heterocycles. The summed E-state index contributed by atoms with van der Waals surface area (Å²) in [5.74, 6) is -0.267. The molecule has 2 aliphatic rings. The maximum absolute atomic E-state index is 12.5. The molecule has 1 heterocycles. The van der Waals surface area contributed by atoms with Crippen molar-refractivity contribution >= 4 is 17.6 Å². The second-order valence-corrected chi connectivity index (χ2v) is 6.41. The molecule has 1 amide bonds. The molecule has 0 bridgehead atoms. The van der Waals surface area contributed by atoms with Gasteiger partial charge in [-0.3, -0.25) is 4.79 Å². The average Bonchev–Trinajstić information content (AvgIpc) is 3.23. The maximum atomic E-state index is 12.5. The van der Waals surface area contributed by atoms with E-state index in [2.05, 4.69) is 0 Å². The van der Waals surface area contributed by atoms with Gasteiger partial charge in [0.15, 0.2) is 0 Å². The summed E-state index contributed by atoms with van der Waals surface area (Å²) in [5.41, 5.74) is 3.12. The Kier molecular flexibility index (Phi) is 3.81. The fourth-order valence-electron chi connectivity index (χ4n) is 3.47. The summed E-state index contributed by atoms with van der Waals surface area (Å²) in [6.45, 7) is 0.570. The fourth-order valence-corrected chi connectivity index (χ4v) is 3.47. The summed E-state index contributed by atoms with van der Waals surface area (Å²) in [5, 5.41) is 0. The number of hydrogen-bond acceptors (Lipinski definition) is 3. The second-order valence-electron chi connectivity index (χ2n) is 6.41. The third kappa shape index (κ3) is 2.68. The van der Waals surface area contributed by atoms with Gasteiger partial charge in [-0.2, -0.15) is 0 Å². The lowest BCUT2D eigenvalue weighted by atomic mass is 10.1. The Balaban J connectivity index is 1.48. The normalized spacial score (nSPS) is 17.2. The topological polar surface area (TPSA) is 46.6 Å². The molecule has 1 fully saturated rings. The van der Waals surface area contributed by atoms with E-state index in [4.69, 9.17) is 4.74 Å². The van der Waals surface area contributed by atoms with Crippen LogP contribution in [0.15, 0.2) is 48.5 Å². The summed E-state index contributed by atoms with van der Waals surface area (Å²) in [4.78, 5) is 26.4. The summed E-state index contributed by atoms with van der Waals surface area (Å²) in [6.07, 6.45) is 4.25. The molecule has 0 radical (unpaired) electrons. The van der Waals surface area contributed by atoms with Crippen molar-refractivity contribution in [3.8, 4) is 0 Å². The highest BCUT2D eigenvalue weighted by Crippen LogP contribution is 2.28. The largest absolute Gasteiger partial charge is 0.459 e. The van der Waals surface area contributed by atoms with Gasteiger partial charge in [0.2, 0.25) is 0 Å². The van der Waals surface area contributed by atoms with Crippen molar-refractivity contribution in [1.29, 1.82) is 0 Å². The van der Waals surface area contributed by atoms with Crippen LogP contribution in [0.2, 0.25) is 0 Å². The number of amides is 1. The van der Waals surface area contributed by atoms with Gasteiger partial charge >= 0.3 is 5.97 Å². The van der Waals surface area contributed by atoms with Gasteiger partial charge in [0, 0.05) is 11.3 Å². The summed E-state index contributed by atoms with van der Waals surface area (Å²) in [6, 6.07) is 14.8. The molecule has 4 rings (SSSR count). The van der Waals surface area contributed by atoms with Gasteiger partial charge in [-0.1, -0.05) is 18.2 Å². The third-order valence-corrected chi connectivity index (χ3v) is 4.81. The lowest BCUT2D eigenvalue weighted by Gasteiger charge is -2.16. The Morgan fingerprint density at radius 3 is 2.42 bits per heavy atom. The number of ether oxygens (including phenoxy) is 1. The van der Waals surface area contributed by atoms with Crippen LogP contribution in [0.5, 0.6) is 0 Å². The van der Waals surface area contributed by atoms with Crippen LogP contribution in [0.1, 0.15) is 52.0 Å². The Bertz CT molecular complexity index is 776. The lowest BCUT2D eigenvalue weighted by Crippen LogP contribution is -2.23. The van der Waals surface area contributed by atoms with Crippen LogP contribution in [0, 0.1) is 0 Å². The number of hydrogen-bond donors (Lipinski definition) is 0.